The van der Waals surface area contributed by atoms with Crippen molar-refractivity contribution < 1.29 is 9.53 Å². The number of amides is 2. The van der Waals surface area contributed by atoms with Crippen LogP contribution in [0.25, 0.3) is 0 Å². The van der Waals surface area contributed by atoms with Gasteiger partial charge < -0.3 is 15.4 Å². The highest BCUT2D eigenvalue weighted by atomic mass is 16.5. The van der Waals surface area contributed by atoms with Crippen LogP contribution in [-0.4, -0.2) is 55.3 Å². The fourth-order valence-electron chi connectivity index (χ4n) is 2.07. The van der Waals surface area contributed by atoms with Crippen molar-refractivity contribution in [3.8, 4) is 0 Å². The molecule has 1 aliphatic rings. The van der Waals surface area contributed by atoms with E-state index in [4.69, 9.17) is 4.74 Å². The summed E-state index contributed by atoms with van der Waals surface area (Å²) in [5, 5.41) is 5.65. The lowest BCUT2D eigenvalue weighted by atomic mass is 10.3. The highest BCUT2D eigenvalue weighted by Gasteiger charge is 2.09. The topological polar surface area (TPSA) is 66.5 Å². The average molecular weight is 278 g/mol. The van der Waals surface area contributed by atoms with Crippen LogP contribution in [-0.2, 0) is 11.3 Å². The van der Waals surface area contributed by atoms with Gasteiger partial charge in [0.2, 0.25) is 0 Å². The molecule has 1 saturated heterocycles. The summed E-state index contributed by atoms with van der Waals surface area (Å²) in [4.78, 5) is 18.1. The Balaban J connectivity index is 1.51. The Morgan fingerprint density at radius 2 is 2.15 bits per heavy atom. The van der Waals surface area contributed by atoms with Crippen LogP contribution in [0.15, 0.2) is 24.4 Å². The third-order valence-corrected chi connectivity index (χ3v) is 3.20. The van der Waals surface area contributed by atoms with Crippen LogP contribution in [0.2, 0.25) is 0 Å². The standard InChI is InChI=1S/C14H22N4O2/c19-14(17-12-13-4-1-2-5-15-13)16-6-3-7-18-8-10-20-11-9-18/h1-2,4-5H,3,6-12H2,(H2,16,17,19). The molecule has 1 aliphatic heterocycles. The number of nitrogens with one attached hydrogen (secondary N) is 2. The van der Waals surface area contributed by atoms with E-state index in [0.717, 1.165) is 45.0 Å². The molecule has 0 atom stereocenters. The number of carbonyl (C=O) groups is 1. The van der Waals surface area contributed by atoms with Crippen LogP contribution in [0.3, 0.4) is 0 Å². The molecular formula is C14H22N4O2. The fraction of sp³-hybridized carbons (Fsp3) is 0.571. The number of morpholine rings is 1. The van der Waals surface area contributed by atoms with Crippen molar-refractivity contribution in [2.75, 3.05) is 39.4 Å². The number of carbonyl (C=O) groups excluding carboxylic acids is 1. The molecule has 0 radical (unpaired) electrons. The summed E-state index contributed by atoms with van der Waals surface area (Å²) in [5.41, 5.74) is 0.857. The Morgan fingerprint density at radius 3 is 2.90 bits per heavy atom. The van der Waals surface area contributed by atoms with Gasteiger partial charge in [-0.05, 0) is 25.1 Å². The molecule has 2 amide bonds. The third-order valence-electron chi connectivity index (χ3n) is 3.20. The Labute approximate surface area is 119 Å². The van der Waals surface area contributed by atoms with Crippen LogP contribution < -0.4 is 10.6 Å². The minimum atomic E-state index is -0.141. The molecule has 20 heavy (non-hydrogen) atoms. The second-order valence-electron chi connectivity index (χ2n) is 4.74. The molecule has 2 rings (SSSR count). The van der Waals surface area contributed by atoms with E-state index in [1.807, 2.05) is 18.2 Å². The Kier molecular flexibility index (Phi) is 6.26. The van der Waals surface area contributed by atoms with Crippen molar-refractivity contribution in [3.63, 3.8) is 0 Å². The number of urea groups is 1. The van der Waals surface area contributed by atoms with Crippen LogP contribution in [0.4, 0.5) is 4.79 Å². The highest BCUT2D eigenvalue weighted by molar-refractivity contribution is 5.73. The highest BCUT2D eigenvalue weighted by Crippen LogP contribution is 1.97. The van der Waals surface area contributed by atoms with Gasteiger partial charge >= 0.3 is 6.03 Å². The predicted molar refractivity (Wildman–Crippen MR) is 76.4 cm³/mol. The first kappa shape index (κ1) is 14.7. The zero-order valence-corrected chi connectivity index (χ0v) is 11.7. The zero-order chi connectivity index (χ0) is 14.0. The minimum absolute atomic E-state index is 0.141. The molecule has 2 heterocycles. The first-order valence-corrected chi connectivity index (χ1v) is 7.06. The molecule has 6 heteroatoms. The lowest BCUT2D eigenvalue weighted by Gasteiger charge is -2.26. The molecule has 0 aromatic carbocycles. The maximum absolute atomic E-state index is 11.6. The quantitative estimate of drug-likeness (QED) is 0.748. The van der Waals surface area contributed by atoms with E-state index in [2.05, 4.69) is 20.5 Å². The lowest BCUT2D eigenvalue weighted by molar-refractivity contribution is 0.0375. The molecule has 1 fully saturated rings. The summed E-state index contributed by atoms with van der Waals surface area (Å²) in [5.74, 6) is 0. The van der Waals surface area contributed by atoms with E-state index >= 15 is 0 Å². The molecule has 1 aromatic rings. The molecule has 0 spiro atoms. The number of pyridine rings is 1. The summed E-state index contributed by atoms with van der Waals surface area (Å²) in [6.07, 6.45) is 2.67. The van der Waals surface area contributed by atoms with Gasteiger partial charge in [0.15, 0.2) is 0 Å². The lowest BCUT2D eigenvalue weighted by Crippen LogP contribution is -2.39. The molecule has 6 nitrogen and oxygen atoms in total. The van der Waals surface area contributed by atoms with Gasteiger partial charge in [0.1, 0.15) is 0 Å². The van der Waals surface area contributed by atoms with Gasteiger partial charge in [-0.15, -0.1) is 0 Å². The molecular weight excluding hydrogens is 256 g/mol. The molecule has 0 bridgehead atoms. The van der Waals surface area contributed by atoms with Crippen molar-refractivity contribution >= 4 is 6.03 Å². The summed E-state index contributed by atoms with van der Waals surface area (Å²) >= 11 is 0. The van der Waals surface area contributed by atoms with Crippen molar-refractivity contribution in [3.05, 3.63) is 30.1 Å². The number of rotatable bonds is 6. The van der Waals surface area contributed by atoms with Crippen molar-refractivity contribution in [1.82, 2.24) is 20.5 Å². The Morgan fingerprint density at radius 1 is 1.30 bits per heavy atom. The van der Waals surface area contributed by atoms with Crippen molar-refractivity contribution in [2.45, 2.75) is 13.0 Å². The zero-order valence-electron chi connectivity index (χ0n) is 11.7. The molecule has 110 valence electrons. The number of hydrogen-bond donors (Lipinski definition) is 2. The monoisotopic (exact) mass is 278 g/mol. The van der Waals surface area contributed by atoms with Gasteiger partial charge in [-0.3, -0.25) is 9.88 Å². The van der Waals surface area contributed by atoms with E-state index in [0.29, 0.717) is 13.1 Å². The number of nitrogens with zero attached hydrogens (tertiary/aromatic N) is 2. The Bertz CT molecular complexity index is 393. The summed E-state index contributed by atoms with van der Waals surface area (Å²) in [6.45, 7) is 5.76. The largest absolute Gasteiger partial charge is 0.379 e. The summed E-state index contributed by atoms with van der Waals surface area (Å²) in [7, 11) is 0. The van der Waals surface area contributed by atoms with Crippen LogP contribution >= 0.6 is 0 Å². The van der Waals surface area contributed by atoms with Crippen LogP contribution in [0.1, 0.15) is 12.1 Å². The maximum Gasteiger partial charge on any atom is 0.315 e. The third kappa shape index (κ3) is 5.54. The van der Waals surface area contributed by atoms with E-state index in [9.17, 15) is 4.79 Å². The van der Waals surface area contributed by atoms with Crippen LogP contribution in [0, 0.1) is 0 Å². The number of aromatic nitrogens is 1. The van der Waals surface area contributed by atoms with Crippen molar-refractivity contribution in [2.24, 2.45) is 0 Å². The van der Waals surface area contributed by atoms with Gasteiger partial charge in [0.05, 0.1) is 25.5 Å². The second-order valence-corrected chi connectivity index (χ2v) is 4.74. The number of hydrogen-bond acceptors (Lipinski definition) is 4. The average Bonchev–Trinajstić information content (AvgIpc) is 2.52. The normalized spacial score (nSPS) is 15.8. The van der Waals surface area contributed by atoms with Gasteiger partial charge in [-0.25, -0.2) is 4.79 Å². The molecule has 0 unspecified atom stereocenters. The van der Waals surface area contributed by atoms with Crippen molar-refractivity contribution in [1.29, 1.82) is 0 Å². The van der Waals surface area contributed by atoms with Crippen LogP contribution in [0.5, 0.6) is 0 Å². The molecule has 1 aromatic heterocycles. The second kappa shape index (κ2) is 8.50. The van der Waals surface area contributed by atoms with Gasteiger partial charge in [0.25, 0.3) is 0 Å². The van der Waals surface area contributed by atoms with Gasteiger partial charge in [-0.2, -0.15) is 0 Å². The maximum atomic E-state index is 11.6. The summed E-state index contributed by atoms with van der Waals surface area (Å²) in [6, 6.07) is 5.51. The SMILES string of the molecule is O=C(NCCCN1CCOCC1)NCc1ccccn1. The summed E-state index contributed by atoms with van der Waals surface area (Å²) < 4.78 is 5.29. The first-order chi connectivity index (χ1) is 9.84. The van der Waals surface area contributed by atoms with E-state index < -0.39 is 0 Å². The first-order valence-electron chi connectivity index (χ1n) is 7.06. The predicted octanol–water partition coefficient (Wildman–Crippen LogP) is 0.603. The molecule has 2 N–H and O–H groups in total. The smallest absolute Gasteiger partial charge is 0.315 e. The minimum Gasteiger partial charge on any atom is -0.379 e. The number of ether oxygens (including phenoxy) is 1. The fourth-order valence-corrected chi connectivity index (χ4v) is 2.07. The molecule has 0 saturated carbocycles. The van der Waals surface area contributed by atoms with E-state index in [1.165, 1.54) is 0 Å². The van der Waals surface area contributed by atoms with E-state index in [-0.39, 0.29) is 6.03 Å². The Hall–Kier alpha value is -1.66. The van der Waals surface area contributed by atoms with E-state index in [1.54, 1.807) is 6.20 Å². The van der Waals surface area contributed by atoms with Gasteiger partial charge in [-0.1, -0.05) is 6.07 Å². The van der Waals surface area contributed by atoms with Gasteiger partial charge in [0, 0.05) is 25.8 Å². The molecule has 0 aliphatic carbocycles.